The number of rotatable bonds is 7. The van der Waals surface area contributed by atoms with E-state index in [1.165, 1.54) is 39.2 Å². The Morgan fingerprint density at radius 2 is 1.75 bits per heavy atom. The second-order valence-electron chi connectivity index (χ2n) is 10.9. The van der Waals surface area contributed by atoms with Gasteiger partial charge in [-0.1, -0.05) is 113 Å². The van der Waals surface area contributed by atoms with Crippen LogP contribution in [-0.4, -0.2) is 6.54 Å². The number of halogens is 1. The van der Waals surface area contributed by atoms with E-state index in [0.717, 1.165) is 30.0 Å². The van der Waals surface area contributed by atoms with Crippen molar-refractivity contribution in [2.75, 3.05) is 11.4 Å². The molecule has 1 aliphatic heterocycles. The van der Waals surface area contributed by atoms with Gasteiger partial charge in [0.1, 0.15) is 0 Å². The van der Waals surface area contributed by atoms with Crippen LogP contribution in [0.3, 0.4) is 0 Å². The topological polar surface area (TPSA) is 3.24 Å². The first-order chi connectivity index (χ1) is 17.1. The molecule has 0 aromatic heterocycles. The summed E-state index contributed by atoms with van der Waals surface area (Å²) >= 11 is 6.90. The zero-order valence-electron chi connectivity index (χ0n) is 22.4. The summed E-state index contributed by atoms with van der Waals surface area (Å²) in [6, 6.07) is 17.2. The molecule has 1 aliphatic carbocycles. The standard InChI is InChI=1S/C34H38ClN/c1-8-23-36-30-16-12-11-15-29(30)34(6,7)31(36)22-21-27-20-19-26(32(27)35)18-17-25(3)33(4,5)28-14-10-9-13-24(28)2/h8-18,21-22H,1,3,19-20,23H2,2,4-7H3/b18-17+,27-21+,31-22+. The largest absolute Gasteiger partial charge is 0.340 e. The van der Waals surface area contributed by atoms with Crippen molar-refractivity contribution in [1.29, 1.82) is 0 Å². The molecule has 186 valence electrons. The predicted octanol–water partition coefficient (Wildman–Crippen LogP) is 9.47. The summed E-state index contributed by atoms with van der Waals surface area (Å²) in [7, 11) is 0. The highest BCUT2D eigenvalue weighted by Crippen LogP contribution is 2.48. The molecule has 2 aromatic rings. The lowest BCUT2D eigenvalue weighted by molar-refractivity contribution is 0.636. The zero-order chi connectivity index (χ0) is 26.1. The molecule has 1 heterocycles. The minimum Gasteiger partial charge on any atom is -0.340 e. The van der Waals surface area contributed by atoms with Crippen molar-refractivity contribution in [2.45, 2.75) is 58.3 Å². The third-order valence-corrected chi connectivity index (χ3v) is 8.37. The summed E-state index contributed by atoms with van der Waals surface area (Å²) < 4.78 is 0. The smallest absolute Gasteiger partial charge is 0.0470 e. The molecule has 0 saturated carbocycles. The van der Waals surface area contributed by atoms with E-state index >= 15 is 0 Å². The summed E-state index contributed by atoms with van der Waals surface area (Å²) in [6.45, 7) is 20.4. The third-order valence-electron chi connectivity index (χ3n) is 7.89. The van der Waals surface area contributed by atoms with Crippen molar-refractivity contribution in [2.24, 2.45) is 0 Å². The van der Waals surface area contributed by atoms with Gasteiger partial charge in [0.25, 0.3) is 0 Å². The number of aryl methyl sites for hydroxylation is 1. The monoisotopic (exact) mass is 495 g/mol. The van der Waals surface area contributed by atoms with Crippen LogP contribution >= 0.6 is 11.6 Å². The highest BCUT2D eigenvalue weighted by atomic mass is 35.5. The molecule has 0 bridgehead atoms. The minimum atomic E-state index is -0.145. The molecule has 0 spiro atoms. The van der Waals surface area contributed by atoms with Crippen LogP contribution in [0.15, 0.2) is 120 Å². The summed E-state index contributed by atoms with van der Waals surface area (Å²) in [6.07, 6.45) is 12.7. The molecule has 0 amide bonds. The van der Waals surface area contributed by atoms with Gasteiger partial charge in [0.2, 0.25) is 0 Å². The van der Waals surface area contributed by atoms with E-state index in [9.17, 15) is 0 Å². The van der Waals surface area contributed by atoms with Gasteiger partial charge in [-0.2, -0.15) is 0 Å². The van der Waals surface area contributed by atoms with Crippen LogP contribution in [0.1, 0.15) is 57.2 Å². The number of anilines is 1. The second-order valence-corrected chi connectivity index (χ2v) is 11.3. The lowest BCUT2D eigenvalue weighted by atomic mass is 9.76. The first-order valence-electron chi connectivity index (χ1n) is 12.8. The van der Waals surface area contributed by atoms with Gasteiger partial charge in [0, 0.05) is 33.8 Å². The van der Waals surface area contributed by atoms with E-state index in [0.29, 0.717) is 0 Å². The van der Waals surface area contributed by atoms with Gasteiger partial charge in [0.15, 0.2) is 0 Å². The van der Waals surface area contributed by atoms with Crippen LogP contribution in [0.5, 0.6) is 0 Å². The highest BCUT2D eigenvalue weighted by molar-refractivity contribution is 6.33. The predicted molar refractivity (Wildman–Crippen MR) is 158 cm³/mol. The van der Waals surface area contributed by atoms with Crippen LogP contribution in [0.25, 0.3) is 0 Å². The highest BCUT2D eigenvalue weighted by Gasteiger charge is 2.39. The third kappa shape index (κ3) is 4.70. The number of benzene rings is 2. The summed E-state index contributed by atoms with van der Waals surface area (Å²) in [4.78, 5) is 2.37. The molecular weight excluding hydrogens is 458 g/mol. The Balaban J connectivity index is 1.59. The SMILES string of the molecule is C=CCN1/C(=C/C=C2\CCC(/C=C/C(=C)C(C)(C)c3ccccc3C)=C2Cl)C(C)(C)c2ccccc21. The molecule has 0 atom stereocenters. The number of fused-ring (bicyclic) bond motifs is 1. The van der Waals surface area contributed by atoms with E-state index in [1.807, 2.05) is 6.08 Å². The van der Waals surface area contributed by atoms with Crippen LogP contribution in [0, 0.1) is 6.92 Å². The Morgan fingerprint density at radius 3 is 2.47 bits per heavy atom. The van der Waals surface area contributed by atoms with Gasteiger partial charge in [0.05, 0.1) is 0 Å². The average Bonchev–Trinajstić information content (AvgIpc) is 3.30. The van der Waals surface area contributed by atoms with Gasteiger partial charge < -0.3 is 4.90 Å². The minimum absolute atomic E-state index is 0.0763. The Bertz CT molecular complexity index is 1310. The molecule has 0 N–H and O–H groups in total. The fraction of sp³-hybridized carbons (Fsp3) is 0.294. The van der Waals surface area contributed by atoms with Crippen molar-refractivity contribution in [3.63, 3.8) is 0 Å². The van der Waals surface area contributed by atoms with E-state index < -0.39 is 0 Å². The van der Waals surface area contributed by atoms with E-state index in [-0.39, 0.29) is 10.8 Å². The first-order valence-corrected chi connectivity index (χ1v) is 13.2. The average molecular weight is 496 g/mol. The van der Waals surface area contributed by atoms with Crippen molar-refractivity contribution in [3.05, 3.63) is 136 Å². The lowest BCUT2D eigenvalue weighted by Crippen LogP contribution is -2.26. The zero-order valence-corrected chi connectivity index (χ0v) is 23.1. The molecule has 2 aliphatic rings. The molecule has 0 unspecified atom stereocenters. The van der Waals surface area contributed by atoms with Crippen LogP contribution in [-0.2, 0) is 10.8 Å². The number of para-hydroxylation sites is 1. The van der Waals surface area contributed by atoms with Gasteiger partial charge in [-0.15, -0.1) is 6.58 Å². The normalized spacial score (nSPS) is 19.6. The summed E-state index contributed by atoms with van der Waals surface area (Å²) in [5.74, 6) is 0. The van der Waals surface area contributed by atoms with Crippen LogP contribution < -0.4 is 4.90 Å². The molecular formula is C34H38ClN. The Labute approximate surface area is 222 Å². The molecule has 2 heteroatoms. The molecule has 1 nitrogen and oxygen atoms in total. The van der Waals surface area contributed by atoms with E-state index in [4.69, 9.17) is 11.6 Å². The maximum atomic E-state index is 6.90. The fourth-order valence-corrected chi connectivity index (χ4v) is 5.83. The van der Waals surface area contributed by atoms with Gasteiger partial charge in [-0.05, 0) is 65.3 Å². The molecule has 36 heavy (non-hydrogen) atoms. The van der Waals surface area contributed by atoms with Crippen LogP contribution in [0.2, 0.25) is 0 Å². The van der Waals surface area contributed by atoms with Crippen LogP contribution in [0.4, 0.5) is 5.69 Å². The quantitative estimate of drug-likeness (QED) is 0.273. The Kier molecular flexibility index (Phi) is 7.34. The maximum Gasteiger partial charge on any atom is 0.0470 e. The number of nitrogens with zero attached hydrogens (tertiary/aromatic N) is 1. The number of hydrogen-bond donors (Lipinski definition) is 0. The van der Waals surface area contributed by atoms with Crippen molar-refractivity contribution >= 4 is 17.3 Å². The Hall–Kier alpha value is -3.03. The Morgan fingerprint density at radius 1 is 1.06 bits per heavy atom. The second kappa shape index (κ2) is 10.1. The van der Waals surface area contributed by atoms with Gasteiger partial charge in [-0.3, -0.25) is 0 Å². The van der Waals surface area contributed by atoms with E-state index in [2.05, 4.69) is 126 Å². The molecule has 4 rings (SSSR count). The molecule has 0 saturated heterocycles. The van der Waals surface area contributed by atoms with E-state index in [1.54, 1.807) is 0 Å². The first kappa shape index (κ1) is 26.0. The number of hydrogen-bond acceptors (Lipinski definition) is 1. The molecule has 0 fully saturated rings. The number of allylic oxidation sites excluding steroid dienone is 9. The lowest BCUT2D eigenvalue weighted by Gasteiger charge is -2.28. The van der Waals surface area contributed by atoms with Crippen molar-refractivity contribution in [3.8, 4) is 0 Å². The summed E-state index contributed by atoms with van der Waals surface area (Å²) in [5.41, 5.74) is 9.72. The fourth-order valence-electron chi connectivity index (χ4n) is 5.51. The summed E-state index contributed by atoms with van der Waals surface area (Å²) in [5, 5.41) is 0.869. The molecule has 2 aromatic carbocycles. The maximum absolute atomic E-state index is 6.90. The van der Waals surface area contributed by atoms with Crippen molar-refractivity contribution < 1.29 is 0 Å². The molecule has 0 radical (unpaired) electrons. The van der Waals surface area contributed by atoms with Gasteiger partial charge >= 0.3 is 0 Å². The van der Waals surface area contributed by atoms with Gasteiger partial charge in [-0.25, -0.2) is 0 Å². The van der Waals surface area contributed by atoms with Crippen molar-refractivity contribution in [1.82, 2.24) is 0 Å².